The minimum absolute atomic E-state index is 0.184. The van der Waals surface area contributed by atoms with Gasteiger partial charge in [-0.1, -0.05) is 30.3 Å². The number of aryl methyl sites for hydroxylation is 1. The summed E-state index contributed by atoms with van der Waals surface area (Å²) in [6.07, 6.45) is 0.682. The Morgan fingerprint density at radius 2 is 1.69 bits per heavy atom. The Balaban J connectivity index is 1.56. The second-order valence-electron chi connectivity index (χ2n) is 7.33. The van der Waals surface area contributed by atoms with E-state index in [1.807, 2.05) is 54.6 Å². The summed E-state index contributed by atoms with van der Waals surface area (Å²) in [6, 6.07) is 23.0. The topological polar surface area (TPSA) is 85.2 Å². The van der Waals surface area contributed by atoms with E-state index in [9.17, 15) is 9.59 Å². The Labute approximate surface area is 186 Å². The zero-order valence-corrected chi connectivity index (χ0v) is 18.0. The minimum Gasteiger partial charge on any atom is -0.497 e. The number of fused-ring (bicyclic) bond motifs is 1. The summed E-state index contributed by atoms with van der Waals surface area (Å²) in [5.41, 5.74) is 3.88. The van der Waals surface area contributed by atoms with Gasteiger partial charge in [-0.25, -0.2) is 4.98 Å². The number of imidazole rings is 1. The first-order valence-corrected chi connectivity index (χ1v) is 10.3. The van der Waals surface area contributed by atoms with Gasteiger partial charge < -0.3 is 15.4 Å². The molecule has 0 unspecified atom stereocenters. The van der Waals surface area contributed by atoms with Crippen molar-refractivity contribution in [2.75, 3.05) is 17.7 Å². The van der Waals surface area contributed by atoms with E-state index in [0.29, 0.717) is 23.5 Å². The Morgan fingerprint density at radius 1 is 0.938 bits per heavy atom. The van der Waals surface area contributed by atoms with Crippen molar-refractivity contribution < 1.29 is 14.3 Å². The highest BCUT2D eigenvalue weighted by atomic mass is 16.5. The van der Waals surface area contributed by atoms with E-state index in [1.165, 1.54) is 6.92 Å². The summed E-state index contributed by atoms with van der Waals surface area (Å²) in [6.45, 7) is 1.42. The first kappa shape index (κ1) is 21.1. The van der Waals surface area contributed by atoms with Crippen molar-refractivity contribution in [2.24, 2.45) is 0 Å². The van der Waals surface area contributed by atoms with Gasteiger partial charge in [-0.15, -0.1) is 0 Å². The van der Waals surface area contributed by atoms with E-state index in [1.54, 1.807) is 25.3 Å². The van der Waals surface area contributed by atoms with Gasteiger partial charge in [0.1, 0.15) is 11.6 Å². The van der Waals surface area contributed by atoms with Gasteiger partial charge in [-0.05, 0) is 36.4 Å². The monoisotopic (exact) mass is 428 g/mol. The third-order valence-corrected chi connectivity index (χ3v) is 5.03. The maximum absolute atomic E-state index is 12.8. The third kappa shape index (κ3) is 4.62. The van der Waals surface area contributed by atoms with Crippen LogP contribution in [0.3, 0.4) is 0 Å². The van der Waals surface area contributed by atoms with E-state index in [0.717, 1.165) is 22.5 Å². The van der Waals surface area contributed by atoms with Crippen molar-refractivity contribution in [1.29, 1.82) is 0 Å². The lowest BCUT2D eigenvalue weighted by atomic mass is 10.2. The fourth-order valence-corrected chi connectivity index (χ4v) is 3.60. The lowest BCUT2D eigenvalue weighted by Gasteiger charge is -2.13. The summed E-state index contributed by atoms with van der Waals surface area (Å²) in [4.78, 5) is 29.1. The number of ether oxygens (including phenoxy) is 1. The first-order valence-electron chi connectivity index (χ1n) is 10.3. The van der Waals surface area contributed by atoms with Gasteiger partial charge in [0, 0.05) is 31.5 Å². The normalized spacial score (nSPS) is 10.7. The largest absolute Gasteiger partial charge is 0.497 e. The highest BCUT2D eigenvalue weighted by molar-refractivity contribution is 5.99. The average Bonchev–Trinajstić information content (AvgIpc) is 3.17. The van der Waals surface area contributed by atoms with Crippen molar-refractivity contribution in [2.45, 2.75) is 19.8 Å². The Bertz CT molecular complexity index is 1260. The fourth-order valence-electron chi connectivity index (χ4n) is 3.60. The molecule has 2 amide bonds. The second-order valence-corrected chi connectivity index (χ2v) is 7.33. The lowest BCUT2D eigenvalue weighted by Crippen LogP contribution is -2.16. The van der Waals surface area contributed by atoms with Crippen LogP contribution in [0.25, 0.3) is 16.7 Å². The number of hydrogen-bond donors (Lipinski definition) is 2. The molecule has 0 aliphatic carbocycles. The molecule has 0 aliphatic heterocycles. The molecular weight excluding hydrogens is 404 g/mol. The van der Waals surface area contributed by atoms with Gasteiger partial charge in [0.15, 0.2) is 0 Å². The van der Waals surface area contributed by atoms with E-state index >= 15 is 0 Å². The molecule has 0 fully saturated rings. The maximum atomic E-state index is 12.8. The van der Waals surface area contributed by atoms with Crippen LogP contribution in [-0.4, -0.2) is 28.5 Å². The molecule has 2 N–H and O–H groups in total. The van der Waals surface area contributed by atoms with Crippen molar-refractivity contribution in [3.05, 3.63) is 78.6 Å². The Hall–Kier alpha value is -4.13. The number of amides is 2. The Kier molecular flexibility index (Phi) is 6.17. The van der Waals surface area contributed by atoms with Crippen LogP contribution in [0.4, 0.5) is 11.4 Å². The van der Waals surface area contributed by atoms with Gasteiger partial charge in [-0.3, -0.25) is 14.2 Å². The van der Waals surface area contributed by atoms with Crippen LogP contribution in [0.15, 0.2) is 72.8 Å². The van der Waals surface area contributed by atoms with Crippen molar-refractivity contribution in [1.82, 2.24) is 9.55 Å². The minimum atomic E-state index is -0.220. The third-order valence-electron chi connectivity index (χ3n) is 5.03. The van der Waals surface area contributed by atoms with E-state index in [2.05, 4.69) is 15.2 Å². The van der Waals surface area contributed by atoms with Gasteiger partial charge in [0.2, 0.25) is 11.8 Å². The number of nitrogens with one attached hydrogen (secondary N) is 2. The van der Waals surface area contributed by atoms with Crippen LogP contribution in [0.5, 0.6) is 5.75 Å². The molecular formula is C25H24N4O3. The number of rotatable bonds is 7. The molecule has 3 aromatic carbocycles. The molecule has 0 aliphatic rings. The number of methoxy groups -OCH3 is 1. The number of benzene rings is 3. The van der Waals surface area contributed by atoms with Gasteiger partial charge in [0.25, 0.3) is 0 Å². The van der Waals surface area contributed by atoms with Gasteiger partial charge in [-0.2, -0.15) is 0 Å². The van der Waals surface area contributed by atoms with Crippen LogP contribution in [-0.2, 0) is 16.0 Å². The number of nitrogens with zero attached hydrogens (tertiary/aromatic N) is 2. The predicted molar refractivity (Wildman–Crippen MR) is 125 cm³/mol. The molecule has 0 saturated carbocycles. The van der Waals surface area contributed by atoms with Crippen LogP contribution >= 0.6 is 0 Å². The van der Waals surface area contributed by atoms with Crippen LogP contribution in [0.2, 0.25) is 0 Å². The van der Waals surface area contributed by atoms with Crippen molar-refractivity contribution in [3.8, 4) is 11.4 Å². The molecule has 32 heavy (non-hydrogen) atoms. The molecule has 0 bridgehead atoms. The number of carbonyl (C=O) groups excluding carboxylic acids is 2. The fraction of sp³-hybridized carbons (Fsp3) is 0.160. The molecule has 162 valence electrons. The van der Waals surface area contributed by atoms with Crippen molar-refractivity contribution >= 4 is 34.2 Å². The molecule has 7 nitrogen and oxygen atoms in total. The first-order chi connectivity index (χ1) is 15.5. The zero-order chi connectivity index (χ0) is 22.5. The summed E-state index contributed by atoms with van der Waals surface area (Å²) in [7, 11) is 1.55. The standard InChI is InChI=1S/C25H24N4O3/c1-17(30)26-20-13-12-19(32-2)16-22(20)28-25(31)15-14-24-27-21-10-6-7-11-23(21)29(24)18-8-4-3-5-9-18/h3-13,16H,14-15H2,1-2H3,(H,26,30)(H,28,31). The highest BCUT2D eigenvalue weighted by Gasteiger charge is 2.15. The molecule has 4 rings (SSSR count). The van der Waals surface area contributed by atoms with E-state index < -0.39 is 0 Å². The van der Waals surface area contributed by atoms with Gasteiger partial charge >= 0.3 is 0 Å². The zero-order valence-electron chi connectivity index (χ0n) is 18.0. The summed E-state index contributed by atoms with van der Waals surface area (Å²) >= 11 is 0. The van der Waals surface area contributed by atoms with E-state index in [4.69, 9.17) is 9.72 Å². The Morgan fingerprint density at radius 3 is 2.44 bits per heavy atom. The molecule has 4 aromatic rings. The average molecular weight is 428 g/mol. The number of para-hydroxylation sites is 3. The number of hydrogen-bond acceptors (Lipinski definition) is 4. The van der Waals surface area contributed by atoms with Crippen LogP contribution in [0, 0.1) is 0 Å². The van der Waals surface area contributed by atoms with Gasteiger partial charge in [0.05, 0.1) is 29.5 Å². The molecule has 0 radical (unpaired) electrons. The molecule has 0 spiro atoms. The lowest BCUT2D eigenvalue weighted by molar-refractivity contribution is -0.116. The maximum Gasteiger partial charge on any atom is 0.224 e. The van der Waals surface area contributed by atoms with E-state index in [-0.39, 0.29) is 18.2 Å². The molecule has 1 aromatic heterocycles. The molecule has 7 heteroatoms. The van der Waals surface area contributed by atoms with Crippen LogP contribution in [0.1, 0.15) is 19.2 Å². The number of anilines is 2. The summed E-state index contributed by atoms with van der Waals surface area (Å²) in [5, 5.41) is 5.61. The SMILES string of the molecule is COc1ccc(NC(C)=O)c(NC(=O)CCc2nc3ccccc3n2-c2ccccc2)c1. The summed E-state index contributed by atoms with van der Waals surface area (Å²) in [5.74, 6) is 0.985. The molecule has 1 heterocycles. The highest BCUT2D eigenvalue weighted by Crippen LogP contribution is 2.28. The molecule has 0 saturated heterocycles. The number of carbonyl (C=O) groups is 2. The summed E-state index contributed by atoms with van der Waals surface area (Å²) < 4.78 is 7.33. The smallest absolute Gasteiger partial charge is 0.224 e. The predicted octanol–water partition coefficient (Wildman–Crippen LogP) is 4.56. The molecule has 0 atom stereocenters. The quantitative estimate of drug-likeness (QED) is 0.452. The van der Waals surface area contributed by atoms with Crippen molar-refractivity contribution in [3.63, 3.8) is 0 Å². The van der Waals surface area contributed by atoms with Crippen LogP contribution < -0.4 is 15.4 Å². The second kappa shape index (κ2) is 9.34. The number of aromatic nitrogens is 2.